The van der Waals surface area contributed by atoms with Crippen molar-refractivity contribution in [2.24, 2.45) is 9.98 Å². The minimum atomic E-state index is -1.00. The Balaban J connectivity index is 2.19. The van der Waals surface area contributed by atoms with E-state index in [1.165, 1.54) is 0 Å². The second-order valence-corrected chi connectivity index (χ2v) is 4.43. The highest BCUT2D eigenvalue weighted by Gasteiger charge is 2.35. The van der Waals surface area contributed by atoms with Crippen LogP contribution in [0.3, 0.4) is 0 Å². The van der Waals surface area contributed by atoms with Crippen LogP contribution < -0.4 is 0 Å². The molecule has 0 unspecified atom stereocenters. The minimum absolute atomic E-state index is 0.169. The maximum absolute atomic E-state index is 11.3. The fraction of sp³-hybridized carbons (Fsp3) is 0.417. The molecule has 94 valence electrons. The maximum atomic E-state index is 11.3. The van der Waals surface area contributed by atoms with Gasteiger partial charge in [-0.05, 0) is 13.3 Å². The van der Waals surface area contributed by atoms with E-state index < -0.39 is 5.97 Å². The normalized spacial score (nSPS) is 20.7. The van der Waals surface area contributed by atoms with E-state index in [4.69, 9.17) is 4.42 Å². The zero-order valence-electron chi connectivity index (χ0n) is 10.2. The molecule has 0 radical (unpaired) electrons. The summed E-state index contributed by atoms with van der Waals surface area (Å²) in [6.45, 7) is 4.44. The summed E-state index contributed by atoms with van der Waals surface area (Å²) >= 11 is 0. The number of carboxylic acids is 1. The lowest BCUT2D eigenvalue weighted by molar-refractivity contribution is 0.0695. The predicted octanol–water partition coefficient (Wildman–Crippen LogP) is 1.80. The van der Waals surface area contributed by atoms with E-state index in [9.17, 15) is 9.90 Å². The molecule has 18 heavy (non-hydrogen) atoms. The van der Waals surface area contributed by atoms with Crippen LogP contribution in [0.1, 0.15) is 35.0 Å². The average molecular weight is 247 g/mol. The molecule has 6 nitrogen and oxygen atoms in total. The van der Waals surface area contributed by atoms with E-state index >= 15 is 0 Å². The molecule has 2 aliphatic rings. The molecule has 0 fully saturated rings. The van der Waals surface area contributed by atoms with Crippen LogP contribution in [0.15, 0.2) is 14.4 Å². The number of rotatable bonds is 2. The summed E-state index contributed by atoms with van der Waals surface area (Å²) in [6.07, 6.45) is 2.58. The number of furan rings is 1. The van der Waals surface area contributed by atoms with Gasteiger partial charge < -0.3 is 14.4 Å². The standard InChI is InChI=1S/C12H13N3O3/c1-3-7-4-15-5-13-11-9(10(15)14-7)8(12(16)17)6(2)18-11/h5,7H,3-4H2,1-2H3,(H,16,17)/t7-/m1/s1. The lowest BCUT2D eigenvalue weighted by Gasteiger charge is -2.18. The van der Waals surface area contributed by atoms with Gasteiger partial charge in [-0.1, -0.05) is 6.92 Å². The number of hydrogen-bond donors (Lipinski definition) is 1. The summed E-state index contributed by atoms with van der Waals surface area (Å²) in [7, 11) is 0. The minimum Gasteiger partial charge on any atom is -0.478 e. The fourth-order valence-electron chi connectivity index (χ4n) is 2.34. The van der Waals surface area contributed by atoms with Crippen molar-refractivity contribution in [1.29, 1.82) is 0 Å². The largest absolute Gasteiger partial charge is 0.478 e. The molecule has 0 aromatic carbocycles. The molecule has 3 rings (SSSR count). The molecule has 0 saturated carbocycles. The van der Waals surface area contributed by atoms with Gasteiger partial charge in [-0.15, -0.1) is 0 Å². The lowest BCUT2D eigenvalue weighted by atomic mass is 10.1. The van der Waals surface area contributed by atoms with E-state index in [1.54, 1.807) is 13.3 Å². The summed E-state index contributed by atoms with van der Waals surface area (Å²) in [5.41, 5.74) is 0.681. The Morgan fingerprint density at radius 2 is 2.44 bits per heavy atom. The highest BCUT2D eigenvalue weighted by molar-refractivity contribution is 6.16. The first-order valence-electron chi connectivity index (χ1n) is 5.87. The van der Waals surface area contributed by atoms with Crippen molar-refractivity contribution in [3.8, 4) is 0 Å². The second kappa shape index (κ2) is 3.69. The Hall–Kier alpha value is -2.11. The van der Waals surface area contributed by atoms with Crippen molar-refractivity contribution in [2.45, 2.75) is 26.3 Å². The number of aliphatic imine (C=N–C) groups is 2. The van der Waals surface area contributed by atoms with E-state index in [-0.39, 0.29) is 11.6 Å². The molecule has 6 heteroatoms. The molecule has 0 amide bonds. The van der Waals surface area contributed by atoms with E-state index in [0.29, 0.717) is 23.0 Å². The van der Waals surface area contributed by atoms with Gasteiger partial charge in [0, 0.05) is 6.54 Å². The Morgan fingerprint density at radius 3 is 3.11 bits per heavy atom. The summed E-state index contributed by atoms with van der Waals surface area (Å²) in [5, 5.41) is 9.27. The van der Waals surface area contributed by atoms with Gasteiger partial charge in [0.15, 0.2) is 0 Å². The number of hydrogen-bond acceptors (Lipinski definition) is 5. The van der Waals surface area contributed by atoms with Crippen LogP contribution in [0.5, 0.6) is 0 Å². The Bertz CT molecular complexity index is 586. The van der Waals surface area contributed by atoms with Crippen LogP contribution in [0.25, 0.3) is 0 Å². The predicted molar refractivity (Wildman–Crippen MR) is 65.9 cm³/mol. The van der Waals surface area contributed by atoms with E-state index in [2.05, 4.69) is 16.9 Å². The van der Waals surface area contributed by atoms with Crippen molar-refractivity contribution < 1.29 is 14.3 Å². The fourth-order valence-corrected chi connectivity index (χ4v) is 2.34. The van der Waals surface area contributed by atoms with Gasteiger partial charge in [-0.3, -0.25) is 4.99 Å². The van der Waals surface area contributed by atoms with Crippen molar-refractivity contribution >= 4 is 24.0 Å². The van der Waals surface area contributed by atoms with Crippen molar-refractivity contribution in [3.63, 3.8) is 0 Å². The third-order valence-electron chi connectivity index (χ3n) is 3.27. The molecule has 0 spiro atoms. The van der Waals surface area contributed by atoms with Gasteiger partial charge in [-0.25, -0.2) is 9.79 Å². The molecule has 0 aliphatic carbocycles. The number of carbonyl (C=O) groups is 1. The van der Waals surface area contributed by atoms with E-state index in [1.807, 2.05) is 4.90 Å². The highest BCUT2D eigenvalue weighted by atomic mass is 16.4. The van der Waals surface area contributed by atoms with Crippen LogP contribution in [-0.4, -0.2) is 40.7 Å². The zero-order chi connectivity index (χ0) is 12.9. The quantitative estimate of drug-likeness (QED) is 0.864. The Kier molecular flexibility index (Phi) is 2.26. The number of nitrogens with zero attached hydrogens (tertiary/aromatic N) is 3. The number of fused-ring (bicyclic) bond motifs is 3. The first-order valence-corrected chi connectivity index (χ1v) is 5.87. The number of carboxylic acid groups (broad SMARTS) is 1. The molecule has 1 atom stereocenters. The summed E-state index contributed by atoms with van der Waals surface area (Å²) in [6, 6.07) is 0.189. The number of amidine groups is 1. The van der Waals surface area contributed by atoms with Gasteiger partial charge >= 0.3 is 5.97 Å². The molecule has 3 heterocycles. The zero-order valence-corrected chi connectivity index (χ0v) is 10.2. The second-order valence-electron chi connectivity index (χ2n) is 4.43. The highest BCUT2D eigenvalue weighted by Crippen LogP contribution is 2.35. The third-order valence-corrected chi connectivity index (χ3v) is 3.27. The number of aryl methyl sites for hydroxylation is 1. The Morgan fingerprint density at radius 1 is 1.67 bits per heavy atom. The summed E-state index contributed by atoms with van der Waals surface area (Å²) in [5.74, 6) is 0.379. The Labute approximate surface area is 104 Å². The van der Waals surface area contributed by atoms with Gasteiger partial charge in [0.25, 0.3) is 0 Å². The van der Waals surface area contributed by atoms with Gasteiger partial charge in [0.05, 0.1) is 11.6 Å². The average Bonchev–Trinajstić information content (AvgIpc) is 2.87. The first-order chi connectivity index (χ1) is 8.61. The molecule has 1 N–H and O–H groups in total. The van der Waals surface area contributed by atoms with Gasteiger partial charge in [-0.2, -0.15) is 0 Å². The monoisotopic (exact) mass is 247 g/mol. The molecule has 0 bridgehead atoms. The molecular formula is C12H13N3O3. The van der Waals surface area contributed by atoms with Crippen molar-refractivity contribution in [2.75, 3.05) is 6.54 Å². The van der Waals surface area contributed by atoms with Gasteiger partial charge in [0.1, 0.15) is 23.5 Å². The molecular weight excluding hydrogens is 234 g/mol. The SMILES string of the molecule is CC[C@@H]1CN2C=Nc3oc(C)c(C(=O)O)c3C2=N1. The molecule has 2 aliphatic heterocycles. The van der Waals surface area contributed by atoms with Crippen LogP contribution >= 0.6 is 0 Å². The van der Waals surface area contributed by atoms with Crippen LogP contribution in [0, 0.1) is 6.92 Å². The van der Waals surface area contributed by atoms with E-state index in [0.717, 1.165) is 13.0 Å². The molecule has 1 aromatic rings. The smallest absolute Gasteiger partial charge is 0.340 e. The topological polar surface area (TPSA) is 78.4 Å². The molecule has 0 saturated heterocycles. The van der Waals surface area contributed by atoms with Crippen molar-refractivity contribution in [1.82, 2.24) is 4.90 Å². The van der Waals surface area contributed by atoms with Crippen LogP contribution in [0.4, 0.5) is 5.88 Å². The lowest BCUT2D eigenvalue weighted by Crippen LogP contribution is -2.31. The summed E-state index contributed by atoms with van der Waals surface area (Å²) < 4.78 is 5.39. The van der Waals surface area contributed by atoms with Crippen LogP contribution in [0.2, 0.25) is 0 Å². The molecule has 1 aromatic heterocycles. The third kappa shape index (κ3) is 1.38. The summed E-state index contributed by atoms with van der Waals surface area (Å²) in [4.78, 5) is 21.9. The van der Waals surface area contributed by atoms with Crippen molar-refractivity contribution in [3.05, 3.63) is 16.9 Å². The van der Waals surface area contributed by atoms with Crippen LogP contribution in [-0.2, 0) is 0 Å². The maximum Gasteiger partial charge on any atom is 0.340 e. The number of aromatic carboxylic acids is 1. The first kappa shape index (κ1) is 11.0. The van der Waals surface area contributed by atoms with Gasteiger partial charge in [0.2, 0.25) is 5.88 Å².